The zero-order chi connectivity index (χ0) is 18.1. The predicted octanol–water partition coefficient (Wildman–Crippen LogP) is 3.45. The topological polar surface area (TPSA) is 66.0 Å². The largest absolute Gasteiger partial charge is 0.377 e. The number of hydrogen-bond acceptors (Lipinski definition) is 4. The van der Waals surface area contributed by atoms with Crippen LogP contribution in [0.1, 0.15) is 67.7 Å². The molecule has 0 spiro atoms. The molecule has 0 bridgehead atoms. The highest BCUT2D eigenvalue weighted by atomic mass is 16.5. The quantitative estimate of drug-likeness (QED) is 0.893. The summed E-state index contributed by atoms with van der Waals surface area (Å²) in [5, 5.41) is 4.72. The lowest BCUT2D eigenvalue weighted by molar-refractivity contribution is 0.00883. The Balaban J connectivity index is 1.61. The van der Waals surface area contributed by atoms with Crippen molar-refractivity contribution in [3.05, 3.63) is 41.0 Å². The van der Waals surface area contributed by atoms with Gasteiger partial charge in [0.1, 0.15) is 11.6 Å². The van der Waals surface area contributed by atoms with E-state index in [0.717, 1.165) is 49.6 Å². The first kappa shape index (κ1) is 17.7. The van der Waals surface area contributed by atoms with Crippen molar-refractivity contribution in [2.24, 2.45) is 5.73 Å². The molecule has 0 unspecified atom stereocenters. The van der Waals surface area contributed by atoms with Crippen molar-refractivity contribution in [3.8, 4) is 5.69 Å². The highest BCUT2D eigenvalue weighted by Gasteiger charge is 2.32. The van der Waals surface area contributed by atoms with Gasteiger partial charge < -0.3 is 10.5 Å². The van der Waals surface area contributed by atoms with Gasteiger partial charge in [0.2, 0.25) is 0 Å². The van der Waals surface area contributed by atoms with Crippen molar-refractivity contribution in [1.82, 2.24) is 14.8 Å². The van der Waals surface area contributed by atoms with E-state index in [1.165, 1.54) is 30.4 Å². The summed E-state index contributed by atoms with van der Waals surface area (Å²) < 4.78 is 8.09. The fraction of sp³-hybridized carbons (Fsp3) is 0.619. The molecule has 3 atom stereocenters. The Labute approximate surface area is 156 Å². The van der Waals surface area contributed by atoms with Gasteiger partial charge in [-0.2, -0.15) is 5.10 Å². The molecule has 1 aromatic heterocycles. The van der Waals surface area contributed by atoms with Crippen molar-refractivity contribution in [1.29, 1.82) is 0 Å². The zero-order valence-corrected chi connectivity index (χ0v) is 15.9. The fourth-order valence-electron chi connectivity index (χ4n) is 4.42. The summed E-state index contributed by atoms with van der Waals surface area (Å²) in [6.45, 7) is 4.90. The Bertz CT molecular complexity index is 769. The molecule has 1 saturated carbocycles. The Morgan fingerprint density at radius 2 is 2.08 bits per heavy atom. The molecule has 0 aliphatic heterocycles. The molecule has 2 aliphatic carbocycles. The molecule has 0 amide bonds. The molecule has 140 valence electrons. The van der Waals surface area contributed by atoms with Gasteiger partial charge in [0.25, 0.3) is 0 Å². The number of nitrogens with two attached hydrogens (primary N) is 1. The molecule has 4 rings (SSSR count). The van der Waals surface area contributed by atoms with Crippen LogP contribution >= 0.6 is 0 Å². The van der Waals surface area contributed by atoms with Gasteiger partial charge in [-0.15, -0.1) is 0 Å². The average molecular weight is 354 g/mol. The minimum absolute atomic E-state index is 0.124. The lowest BCUT2D eigenvalue weighted by Crippen LogP contribution is -2.42. The van der Waals surface area contributed by atoms with Crippen LogP contribution in [0.5, 0.6) is 0 Å². The number of ether oxygens (including phenoxy) is 1. The first-order valence-corrected chi connectivity index (χ1v) is 10.1. The summed E-state index contributed by atoms with van der Waals surface area (Å²) in [6.07, 6.45) is 7.76. The van der Waals surface area contributed by atoms with Crippen LogP contribution in [-0.2, 0) is 17.6 Å². The van der Waals surface area contributed by atoms with Gasteiger partial charge in [0, 0.05) is 18.6 Å². The third-order valence-corrected chi connectivity index (χ3v) is 5.81. The highest BCUT2D eigenvalue weighted by Crippen LogP contribution is 2.34. The molecule has 1 fully saturated rings. The number of nitrogens with zero attached hydrogens (tertiary/aromatic N) is 3. The van der Waals surface area contributed by atoms with Crippen LogP contribution in [0.15, 0.2) is 18.2 Å². The van der Waals surface area contributed by atoms with E-state index in [1.807, 2.05) is 6.92 Å². The summed E-state index contributed by atoms with van der Waals surface area (Å²) in [5.41, 5.74) is 10.4. The van der Waals surface area contributed by atoms with Crippen molar-refractivity contribution < 1.29 is 4.74 Å². The van der Waals surface area contributed by atoms with Crippen molar-refractivity contribution >= 4 is 0 Å². The van der Waals surface area contributed by atoms with E-state index in [-0.39, 0.29) is 12.1 Å². The number of aryl methyl sites for hydroxylation is 3. The first-order valence-electron chi connectivity index (χ1n) is 10.1. The third-order valence-electron chi connectivity index (χ3n) is 5.81. The number of benzene rings is 1. The Kier molecular flexibility index (Phi) is 5.09. The van der Waals surface area contributed by atoms with Crippen LogP contribution in [-0.4, -0.2) is 33.5 Å². The van der Waals surface area contributed by atoms with Gasteiger partial charge >= 0.3 is 0 Å². The maximum Gasteiger partial charge on any atom is 0.148 e. The smallest absolute Gasteiger partial charge is 0.148 e. The van der Waals surface area contributed by atoms with Crippen LogP contribution < -0.4 is 5.73 Å². The summed E-state index contributed by atoms with van der Waals surface area (Å²) in [5.74, 6) is 2.25. The lowest BCUT2D eigenvalue weighted by Gasteiger charge is -2.33. The van der Waals surface area contributed by atoms with Gasteiger partial charge in [0.05, 0.1) is 11.8 Å². The van der Waals surface area contributed by atoms with Crippen molar-refractivity contribution in [2.45, 2.75) is 76.9 Å². The normalized spacial score (nSPS) is 25.4. The van der Waals surface area contributed by atoms with E-state index in [1.54, 1.807) is 0 Å². The molecule has 2 aromatic rings. The minimum Gasteiger partial charge on any atom is -0.377 e. The Morgan fingerprint density at radius 3 is 2.92 bits per heavy atom. The maximum atomic E-state index is 6.31. The highest BCUT2D eigenvalue weighted by molar-refractivity contribution is 5.43. The maximum absolute atomic E-state index is 6.31. The van der Waals surface area contributed by atoms with Crippen molar-refractivity contribution in [3.63, 3.8) is 0 Å². The molecular weight excluding hydrogens is 324 g/mol. The van der Waals surface area contributed by atoms with Crippen LogP contribution in [0.2, 0.25) is 0 Å². The van der Waals surface area contributed by atoms with Gasteiger partial charge in [-0.05, 0) is 75.1 Å². The molecular formula is C21H30N4O. The second-order valence-corrected chi connectivity index (χ2v) is 7.82. The molecule has 0 saturated heterocycles. The molecule has 26 heavy (non-hydrogen) atoms. The number of rotatable bonds is 5. The molecule has 2 N–H and O–H groups in total. The summed E-state index contributed by atoms with van der Waals surface area (Å²) in [6, 6.07) is 6.90. The summed E-state index contributed by atoms with van der Waals surface area (Å²) >= 11 is 0. The van der Waals surface area contributed by atoms with E-state index < -0.39 is 0 Å². The van der Waals surface area contributed by atoms with Crippen molar-refractivity contribution in [2.75, 3.05) is 6.61 Å². The van der Waals surface area contributed by atoms with Crippen LogP contribution in [0.3, 0.4) is 0 Å². The van der Waals surface area contributed by atoms with Crippen LogP contribution in [0, 0.1) is 6.92 Å². The second kappa shape index (κ2) is 7.49. The average Bonchev–Trinajstić information content (AvgIpc) is 3.26. The summed E-state index contributed by atoms with van der Waals surface area (Å²) in [7, 11) is 0. The summed E-state index contributed by atoms with van der Waals surface area (Å²) in [4.78, 5) is 4.80. The van der Waals surface area contributed by atoms with Crippen LogP contribution in [0.25, 0.3) is 5.69 Å². The fourth-order valence-corrected chi connectivity index (χ4v) is 4.42. The number of fused-ring (bicyclic) bond motifs is 1. The van der Waals surface area contributed by atoms with E-state index in [0.29, 0.717) is 5.92 Å². The molecule has 1 aromatic carbocycles. The lowest BCUT2D eigenvalue weighted by atomic mass is 9.83. The SMILES string of the molecule is CCCO[C@H]1C[C@@H](c2nc(C)nn2-c2ccc3c(c2)CCC3)CC[C@@H]1N. The van der Waals surface area contributed by atoms with E-state index >= 15 is 0 Å². The molecule has 5 heteroatoms. The number of aromatic nitrogens is 3. The standard InChI is InChI=1S/C21H30N4O/c1-3-11-26-20-13-17(8-10-19(20)22)21-23-14(2)24-25(21)18-9-7-15-5-4-6-16(15)12-18/h7,9,12,17,19-20H,3-6,8,10-11,13,22H2,1-2H3/t17-,19-,20-/m0/s1. The van der Waals surface area contributed by atoms with E-state index in [4.69, 9.17) is 20.6 Å². The Morgan fingerprint density at radius 1 is 1.23 bits per heavy atom. The Hall–Kier alpha value is -1.72. The first-order chi connectivity index (χ1) is 12.7. The second-order valence-electron chi connectivity index (χ2n) is 7.82. The molecule has 0 radical (unpaired) electrons. The predicted molar refractivity (Wildman–Crippen MR) is 103 cm³/mol. The van der Waals surface area contributed by atoms with Gasteiger partial charge in [-0.25, -0.2) is 9.67 Å². The van der Waals surface area contributed by atoms with Gasteiger partial charge in [0.15, 0.2) is 0 Å². The van der Waals surface area contributed by atoms with Gasteiger partial charge in [-0.3, -0.25) is 0 Å². The van der Waals surface area contributed by atoms with Crippen LogP contribution in [0.4, 0.5) is 0 Å². The van der Waals surface area contributed by atoms with Gasteiger partial charge in [-0.1, -0.05) is 13.0 Å². The third kappa shape index (κ3) is 3.42. The van der Waals surface area contributed by atoms with E-state index in [9.17, 15) is 0 Å². The molecule has 5 nitrogen and oxygen atoms in total. The number of hydrogen-bond donors (Lipinski definition) is 1. The molecule has 2 aliphatic rings. The monoisotopic (exact) mass is 354 g/mol. The minimum atomic E-state index is 0.124. The van der Waals surface area contributed by atoms with E-state index in [2.05, 4.69) is 29.8 Å². The molecule has 1 heterocycles. The zero-order valence-electron chi connectivity index (χ0n) is 15.9.